The van der Waals surface area contributed by atoms with Crippen LogP contribution in [-0.2, 0) is 4.74 Å². The first-order valence-electron chi connectivity index (χ1n) is 6.47. The lowest BCUT2D eigenvalue weighted by Crippen LogP contribution is -2.36. The molecule has 0 spiro atoms. The van der Waals surface area contributed by atoms with E-state index in [1.807, 2.05) is 35.7 Å². The Bertz CT molecular complexity index is 651. The molecule has 3 nitrogen and oxygen atoms in total. The fraction of sp³-hybridized carbons (Fsp3) is 0.267. The Hall–Kier alpha value is -1.17. The molecule has 1 aromatic carbocycles. The van der Waals surface area contributed by atoms with E-state index in [1.165, 1.54) is 0 Å². The van der Waals surface area contributed by atoms with Gasteiger partial charge in [0, 0.05) is 18.5 Å². The van der Waals surface area contributed by atoms with Crippen LogP contribution in [0.5, 0.6) is 0 Å². The maximum Gasteiger partial charge on any atom is 0.204 e. The van der Waals surface area contributed by atoms with Crippen LogP contribution in [0, 0.1) is 0 Å². The Morgan fingerprint density at radius 1 is 1.15 bits per heavy atom. The summed E-state index contributed by atoms with van der Waals surface area (Å²) in [5.41, 5.74) is 1.81. The van der Waals surface area contributed by atoms with E-state index in [9.17, 15) is 4.79 Å². The lowest BCUT2D eigenvalue weighted by atomic mass is 10.1. The predicted molar refractivity (Wildman–Crippen MR) is 86.8 cm³/mol. The van der Waals surface area contributed by atoms with Crippen LogP contribution in [0.25, 0.3) is 11.1 Å². The zero-order chi connectivity index (χ0) is 13.9. The van der Waals surface area contributed by atoms with Crippen molar-refractivity contribution in [3.8, 4) is 11.1 Å². The number of hydrogen-bond acceptors (Lipinski definition) is 4. The molecule has 0 bridgehead atoms. The molecule has 1 aliphatic rings. The molecule has 0 unspecified atom stereocenters. The highest BCUT2D eigenvalue weighted by Gasteiger charge is 2.19. The number of rotatable bonds is 2. The van der Waals surface area contributed by atoms with E-state index in [0.29, 0.717) is 17.7 Å². The number of halogens is 1. The van der Waals surface area contributed by atoms with Crippen LogP contribution in [0.15, 0.2) is 45.0 Å². The van der Waals surface area contributed by atoms with Gasteiger partial charge in [0.2, 0.25) is 5.43 Å². The van der Waals surface area contributed by atoms with Gasteiger partial charge in [0.05, 0.1) is 23.2 Å². The van der Waals surface area contributed by atoms with Crippen molar-refractivity contribution in [3.05, 3.63) is 50.4 Å². The predicted octanol–water partition coefficient (Wildman–Crippen LogP) is 3.37. The van der Waals surface area contributed by atoms with E-state index in [4.69, 9.17) is 4.74 Å². The second kappa shape index (κ2) is 6.08. The summed E-state index contributed by atoms with van der Waals surface area (Å²) in [5.74, 6) is 0. The molecular formula is C15H14BrNO2S. The molecule has 1 saturated heterocycles. The highest BCUT2D eigenvalue weighted by Crippen LogP contribution is 2.33. The number of anilines is 1. The third-order valence-corrected chi connectivity index (χ3v) is 5.22. The first-order chi connectivity index (χ1) is 9.77. The molecule has 20 heavy (non-hydrogen) atoms. The van der Waals surface area contributed by atoms with Crippen molar-refractivity contribution in [1.29, 1.82) is 0 Å². The van der Waals surface area contributed by atoms with Crippen LogP contribution >= 0.6 is 27.3 Å². The molecule has 0 saturated carbocycles. The number of morpholine rings is 1. The first kappa shape index (κ1) is 13.8. The van der Waals surface area contributed by atoms with Crippen molar-refractivity contribution < 1.29 is 4.74 Å². The average molecular weight is 352 g/mol. The Labute approximate surface area is 129 Å². The molecule has 2 heterocycles. The highest BCUT2D eigenvalue weighted by molar-refractivity contribution is 9.10. The van der Waals surface area contributed by atoms with Crippen molar-refractivity contribution in [2.75, 3.05) is 31.2 Å². The average Bonchev–Trinajstić information content (AvgIpc) is 2.51. The van der Waals surface area contributed by atoms with Crippen LogP contribution in [0.3, 0.4) is 0 Å². The first-order valence-corrected chi connectivity index (χ1v) is 8.14. The van der Waals surface area contributed by atoms with Crippen LogP contribution in [0.2, 0.25) is 0 Å². The molecule has 0 amide bonds. The quantitative estimate of drug-likeness (QED) is 0.830. The molecular weight excluding hydrogens is 338 g/mol. The van der Waals surface area contributed by atoms with E-state index in [2.05, 4.69) is 20.8 Å². The second-order valence-electron chi connectivity index (χ2n) is 4.56. The van der Waals surface area contributed by atoms with Gasteiger partial charge in [-0.3, -0.25) is 4.79 Å². The largest absolute Gasteiger partial charge is 0.378 e. The van der Waals surface area contributed by atoms with Gasteiger partial charge in [-0.25, -0.2) is 0 Å². The Balaban J connectivity index is 2.15. The molecule has 0 aliphatic carbocycles. The molecule has 2 aromatic rings. The number of ether oxygens (including phenoxy) is 1. The van der Waals surface area contributed by atoms with E-state index in [1.54, 1.807) is 11.3 Å². The summed E-state index contributed by atoms with van der Waals surface area (Å²) in [6.45, 7) is 3.09. The smallest absolute Gasteiger partial charge is 0.204 e. The number of benzene rings is 1. The van der Waals surface area contributed by atoms with Crippen molar-refractivity contribution in [2.45, 2.75) is 0 Å². The molecule has 104 valence electrons. The van der Waals surface area contributed by atoms with Crippen LogP contribution in [0.1, 0.15) is 0 Å². The van der Waals surface area contributed by atoms with Gasteiger partial charge in [-0.05, 0) is 21.5 Å². The van der Waals surface area contributed by atoms with E-state index in [-0.39, 0.29) is 5.43 Å². The van der Waals surface area contributed by atoms with Crippen molar-refractivity contribution in [3.63, 3.8) is 0 Å². The molecule has 5 heteroatoms. The Morgan fingerprint density at radius 3 is 2.55 bits per heavy atom. The summed E-state index contributed by atoms with van der Waals surface area (Å²) < 4.78 is 6.02. The number of hydrogen-bond donors (Lipinski definition) is 0. The summed E-state index contributed by atoms with van der Waals surface area (Å²) in [6.07, 6.45) is 0. The fourth-order valence-corrected chi connectivity index (χ4v) is 3.76. The van der Waals surface area contributed by atoms with Crippen LogP contribution in [0.4, 0.5) is 5.00 Å². The zero-order valence-corrected chi connectivity index (χ0v) is 13.2. The lowest BCUT2D eigenvalue weighted by molar-refractivity contribution is 0.123. The maximum absolute atomic E-state index is 12.5. The summed E-state index contributed by atoms with van der Waals surface area (Å²) in [5, 5.41) is 2.91. The van der Waals surface area contributed by atoms with E-state index >= 15 is 0 Å². The third-order valence-electron chi connectivity index (χ3n) is 3.29. The van der Waals surface area contributed by atoms with Gasteiger partial charge in [-0.15, -0.1) is 11.3 Å². The van der Waals surface area contributed by atoms with Crippen molar-refractivity contribution in [2.24, 2.45) is 0 Å². The molecule has 0 N–H and O–H groups in total. The number of nitrogens with zero attached hydrogens (tertiary/aromatic N) is 1. The minimum atomic E-state index is 0.0523. The second-order valence-corrected chi connectivity index (χ2v) is 6.27. The van der Waals surface area contributed by atoms with Gasteiger partial charge in [0.1, 0.15) is 5.00 Å². The summed E-state index contributed by atoms with van der Waals surface area (Å²) >= 11 is 4.96. The standard InChI is InChI=1S/C15H14BrNO2S/c16-12-10-20-15(17-6-8-19-9-7-17)13(14(12)18)11-4-2-1-3-5-11/h1-5,10H,6-9H2. The molecule has 1 aliphatic heterocycles. The summed E-state index contributed by atoms with van der Waals surface area (Å²) in [4.78, 5) is 14.8. The Kier molecular flexibility index (Phi) is 4.19. The summed E-state index contributed by atoms with van der Waals surface area (Å²) in [7, 11) is 0. The normalized spacial score (nSPS) is 15.3. The fourth-order valence-electron chi connectivity index (χ4n) is 2.30. The summed E-state index contributed by atoms with van der Waals surface area (Å²) in [6, 6.07) is 9.86. The molecule has 0 radical (unpaired) electrons. The topological polar surface area (TPSA) is 29.5 Å². The van der Waals surface area contributed by atoms with Crippen LogP contribution in [-0.4, -0.2) is 26.3 Å². The third kappa shape index (κ3) is 2.66. The SMILES string of the molecule is O=c1c(Br)csc(N2CCOCC2)c1-c1ccccc1. The zero-order valence-electron chi connectivity index (χ0n) is 10.8. The maximum atomic E-state index is 12.5. The minimum absolute atomic E-state index is 0.0523. The van der Waals surface area contributed by atoms with E-state index in [0.717, 1.165) is 29.2 Å². The molecule has 1 fully saturated rings. The Morgan fingerprint density at radius 2 is 1.85 bits per heavy atom. The van der Waals surface area contributed by atoms with Crippen LogP contribution < -0.4 is 10.3 Å². The van der Waals surface area contributed by atoms with Crippen molar-refractivity contribution >= 4 is 32.3 Å². The van der Waals surface area contributed by atoms with Gasteiger partial charge in [-0.1, -0.05) is 30.3 Å². The molecule has 1 aromatic heterocycles. The van der Waals surface area contributed by atoms with Gasteiger partial charge in [0.15, 0.2) is 0 Å². The highest BCUT2D eigenvalue weighted by atomic mass is 79.9. The van der Waals surface area contributed by atoms with Gasteiger partial charge in [-0.2, -0.15) is 0 Å². The molecule has 0 atom stereocenters. The minimum Gasteiger partial charge on any atom is -0.378 e. The lowest BCUT2D eigenvalue weighted by Gasteiger charge is -2.29. The molecule has 3 rings (SSSR count). The van der Waals surface area contributed by atoms with Gasteiger partial charge >= 0.3 is 0 Å². The van der Waals surface area contributed by atoms with Gasteiger partial charge in [0.25, 0.3) is 0 Å². The monoisotopic (exact) mass is 351 g/mol. The van der Waals surface area contributed by atoms with Gasteiger partial charge < -0.3 is 9.64 Å². The van der Waals surface area contributed by atoms with E-state index < -0.39 is 0 Å². The van der Waals surface area contributed by atoms with Crippen molar-refractivity contribution in [1.82, 2.24) is 0 Å².